The molecule has 14 heavy (non-hydrogen) atoms. The monoisotopic (exact) mass is 188 g/mol. The van der Waals surface area contributed by atoms with Gasteiger partial charge in [-0.15, -0.1) is 0 Å². The van der Waals surface area contributed by atoms with Crippen molar-refractivity contribution in [3.63, 3.8) is 0 Å². The fourth-order valence-electron chi connectivity index (χ4n) is 2.37. The van der Waals surface area contributed by atoms with Crippen LogP contribution in [0.2, 0.25) is 0 Å². The number of fused-ring (bicyclic) bond motifs is 1. The van der Waals surface area contributed by atoms with Crippen molar-refractivity contribution in [1.29, 1.82) is 0 Å². The third-order valence-electron chi connectivity index (χ3n) is 3.02. The topological polar surface area (TPSA) is 18.5 Å². The van der Waals surface area contributed by atoms with E-state index in [9.17, 15) is 0 Å². The molecule has 0 amide bonds. The van der Waals surface area contributed by atoms with Gasteiger partial charge in [-0.2, -0.15) is 0 Å². The van der Waals surface area contributed by atoms with Gasteiger partial charge in [0.25, 0.3) is 0 Å². The maximum Gasteiger partial charge on any atom is 0.145 e. The minimum Gasteiger partial charge on any atom is -0.223 e. The molecular formula is C12H12O2. The van der Waals surface area contributed by atoms with Crippen molar-refractivity contribution in [3.05, 3.63) is 47.0 Å². The second-order valence-corrected chi connectivity index (χ2v) is 4.11. The van der Waals surface area contributed by atoms with E-state index in [0.29, 0.717) is 0 Å². The number of rotatable bonds is 0. The first-order valence-corrected chi connectivity index (χ1v) is 4.84. The van der Waals surface area contributed by atoms with Crippen molar-refractivity contribution in [2.75, 3.05) is 0 Å². The van der Waals surface area contributed by atoms with Gasteiger partial charge in [0.05, 0.1) is 0 Å². The van der Waals surface area contributed by atoms with Crippen LogP contribution in [-0.4, -0.2) is 0 Å². The van der Waals surface area contributed by atoms with Crippen LogP contribution in [0.4, 0.5) is 0 Å². The molecule has 2 heteroatoms. The lowest BCUT2D eigenvalue weighted by atomic mass is 9.80. The van der Waals surface area contributed by atoms with Crippen LogP contribution in [0.1, 0.15) is 29.7 Å². The van der Waals surface area contributed by atoms with Crippen LogP contribution in [0.5, 0.6) is 0 Å². The van der Waals surface area contributed by atoms with Gasteiger partial charge in [-0.3, -0.25) is 0 Å². The third-order valence-corrected chi connectivity index (χ3v) is 3.02. The van der Waals surface area contributed by atoms with E-state index in [1.54, 1.807) is 0 Å². The summed E-state index contributed by atoms with van der Waals surface area (Å²) >= 11 is 0. The van der Waals surface area contributed by atoms with Gasteiger partial charge in [0.2, 0.25) is 0 Å². The lowest BCUT2D eigenvalue weighted by molar-refractivity contribution is -0.386. The van der Waals surface area contributed by atoms with Gasteiger partial charge in [0, 0.05) is 0 Å². The Morgan fingerprint density at radius 2 is 2.21 bits per heavy atom. The molecule has 0 aromatic heterocycles. The fraction of sp³-hybridized carbons (Fsp3) is 0.333. The molecule has 0 saturated heterocycles. The molecule has 3 aliphatic rings. The summed E-state index contributed by atoms with van der Waals surface area (Å²) in [7, 11) is 0. The maximum absolute atomic E-state index is 5.38. The lowest BCUT2D eigenvalue weighted by Crippen LogP contribution is -2.36. The van der Waals surface area contributed by atoms with E-state index in [-0.39, 0.29) is 6.10 Å². The Labute approximate surface area is 83.1 Å². The van der Waals surface area contributed by atoms with E-state index < -0.39 is 5.60 Å². The van der Waals surface area contributed by atoms with Gasteiger partial charge in [0.1, 0.15) is 11.7 Å². The molecule has 2 atom stereocenters. The quantitative estimate of drug-likeness (QED) is 0.460. The van der Waals surface area contributed by atoms with E-state index in [4.69, 9.17) is 9.78 Å². The maximum atomic E-state index is 5.38. The number of hydrogen-bond donors (Lipinski definition) is 0. The molecule has 0 saturated carbocycles. The van der Waals surface area contributed by atoms with Gasteiger partial charge in [-0.05, 0) is 42.7 Å². The molecule has 2 heterocycles. The van der Waals surface area contributed by atoms with Crippen molar-refractivity contribution < 1.29 is 9.78 Å². The zero-order chi connectivity index (χ0) is 9.76. The second kappa shape index (κ2) is 2.47. The summed E-state index contributed by atoms with van der Waals surface area (Å²) in [5, 5.41) is 0. The standard InChI is InChI=1S/C12H12O2/c1-8-4-3-5-9-10-6-7-12(2,11(8)9)14-13-10/h3-7,10H,1-2H3/t10-,12+/m0/s1. The molecule has 0 radical (unpaired) electrons. The van der Waals surface area contributed by atoms with Gasteiger partial charge in [0.15, 0.2) is 0 Å². The van der Waals surface area contributed by atoms with E-state index >= 15 is 0 Å². The van der Waals surface area contributed by atoms with Gasteiger partial charge in [-0.1, -0.05) is 18.2 Å². The van der Waals surface area contributed by atoms with Crippen LogP contribution in [0, 0.1) is 6.92 Å². The Balaban J connectivity index is 2.33. The summed E-state index contributed by atoms with van der Waals surface area (Å²) < 4.78 is 0. The van der Waals surface area contributed by atoms with E-state index in [0.717, 1.165) is 0 Å². The molecule has 1 aromatic rings. The molecule has 2 nitrogen and oxygen atoms in total. The Hall–Kier alpha value is -1.12. The van der Waals surface area contributed by atoms with E-state index in [1.807, 2.05) is 6.92 Å². The van der Waals surface area contributed by atoms with Crippen LogP contribution < -0.4 is 0 Å². The van der Waals surface area contributed by atoms with Crippen molar-refractivity contribution >= 4 is 0 Å². The van der Waals surface area contributed by atoms with Crippen molar-refractivity contribution in [2.24, 2.45) is 0 Å². The summed E-state index contributed by atoms with van der Waals surface area (Å²) in [6.07, 6.45) is 4.12. The number of benzene rings is 1. The summed E-state index contributed by atoms with van der Waals surface area (Å²) in [6, 6.07) is 6.29. The molecular weight excluding hydrogens is 176 g/mol. The molecule has 0 spiro atoms. The van der Waals surface area contributed by atoms with Crippen molar-refractivity contribution in [3.8, 4) is 0 Å². The Kier molecular flexibility index (Phi) is 1.45. The third kappa shape index (κ3) is 0.873. The molecule has 2 aliphatic heterocycles. The fourth-order valence-corrected chi connectivity index (χ4v) is 2.37. The van der Waals surface area contributed by atoms with Crippen molar-refractivity contribution in [1.82, 2.24) is 0 Å². The predicted molar refractivity (Wildman–Crippen MR) is 52.6 cm³/mol. The van der Waals surface area contributed by atoms with E-state index in [2.05, 4.69) is 37.3 Å². The zero-order valence-electron chi connectivity index (χ0n) is 8.28. The van der Waals surface area contributed by atoms with Crippen LogP contribution in [-0.2, 0) is 15.4 Å². The van der Waals surface area contributed by atoms with Crippen molar-refractivity contribution in [2.45, 2.75) is 25.6 Å². The SMILES string of the molecule is Cc1cccc2c1[C@@]1(C)C=C[C@@H]2OO1. The van der Waals surface area contributed by atoms with Gasteiger partial charge >= 0.3 is 0 Å². The van der Waals surface area contributed by atoms with Crippen LogP contribution in [0.3, 0.4) is 0 Å². The highest BCUT2D eigenvalue weighted by Crippen LogP contribution is 2.46. The molecule has 0 N–H and O–H groups in total. The number of aryl methyl sites for hydroxylation is 1. The van der Waals surface area contributed by atoms with E-state index in [1.165, 1.54) is 16.7 Å². The first-order valence-electron chi connectivity index (χ1n) is 4.84. The van der Waals surface area contributed by atoms with Gasteiger partial charge < -0.3 is 0 Å². The molecule has 0 fully saturated rings. The highest BCUT2D eigenvalue weighted by atomic mass is 17.2. The van der Waals surface area contributed by atoms with Crippen LogP contribution in [0.25, 0.3) is 0 Å². The molecule has 2 bridgehead atoms. The normalized spacial score (nSPS) is 33.1. The molecule has 1 aromatic carbocycles. The average Bonchev–Trinajstić information content (AvgIpc) is 2.18. The highest BCUT2D eigenvalue weighted by molar-refractivity contribution is 5.47. The Morgan fingerprint density at radius 1 is 1.36 bits per heavy atom. The summed E-state index contributed by atoms with van der Waals surface area (Å²) in [6.45, 7) is 4.15. The Bertz CT molecular complexity index is 422. The first kappa shape index (κ1) is 8.21. The largest absolute Gasteiger partial charge is 0.223 e. The Morgan fingerprint density at radius 3 is 2.86 bits per heavy atom. The molecule has 72 valence electrons. The van der Waals surface area contributed by atoms with Gasteiger partial charge in [-0.25, -0.2) is 9.78 Å². The lowest BCUT2D eigenvalue weighted by Gasteiger charge is -2.40. The minimum atomic E-state index is -0.393. The summed E-state index contributed by atoms with van der Waals surface area (Å²) in [5.41, 5.74) is 3.37. The zero-order valence-corrected chi connectivity index (χ0v) is 8.28. The molecule has 4 rings (SSSR count). The van der Waals surface area contributed by atoms with Crippen LogP contribution in [0.15, 0.2) is 30.4 Å². The number of hydrogen-bond acceptors (Lipinski definition) is 2. The smallest absolute Gasteiger partial charge is 0.145 e. The molecule has 1 aliphatic carbocycles. The predicted octanol–water partition coefficient (Wildman–Crippen LogP) is 2.78. The minimum absolute atomic E-state index is 0.0216. The van der Waals surface area contributed by atoms with Crippen LogP contribution >= 0.6 is 0 Å². The second-order valence-electron chi connectivity index (χ2n) is 4.11. The summed E-state index contributed by atoms with van der Waals surface area (Å²) in [5.74, 6) is 0. The average molecular weight is 188 g/mol. The molecule has 0 unspecified atom stereocenters. The highest BCUT2D eigenvalue weighted by Gasteiger charge is 2.41. The summed E-state index contributed by atoms with van der Waals surface area (Å²) in [4.78, 5) is 10.7. The first-order chi connectivity index (χ1) is 6.71.